The summed E-state index contributed by atoms with van der Waals surface area (Å²) in [7, 11) is 3.28. The first-order chi connectivity index (χ1) is 13.7. The zero-order chi connectivity index (χ0) is 19.8. The van der Waals surface area contributed by atoms with Crippen LogP contribution in [0.4, 0.5) is 0 Å². The molecule has 0 unspecified atom stereocenters. The summed E-state index contributed by atoms with van der Waals surface area (Å²) in [5.74, 6) is 2.21. The van der Waals surface area contributed by atoms with Gasteiger partial charge in [0, 0.05) is 28.3 Å². The van der Waals surface area contributed by atoms with Gasteiger partial charge in [-0.05, 0) is 48.0 Å². The fourth-order valence-electron chi connectivity index (χ4n) is 2.74. The number of carbonyl (C=O) groups excluding carboxylic acids is 1. The molecule has 28 heavy (non-hydrogen) atoms. The van der Waals surface area contributed by atoms with Crippen LogP contribution in [-0.2, 0) is 12.3 Å². The van der Waals surface area contributed by atoms with Crippen molar-refractivity contribution in [2.75, 3.05) is 14.2 Å². The molecule has 3 aromatic rings. The fraction of sp³-hybridized carbons (Fsp3) is 0.174. The molecule has 0 aliphatic heterocycles. The lowest BCUT2D eigenvalue weighted by molar-refractivity contribution is 0.0951. The van der Waals surface area contributed by atoms with E-state index in [9.17, 15) is 4.79 Å². The third kappa shape index (κ3) is 5.30. The Morgan fingerprint density at radius 1 is 0.929 bits per heavy atom. The van der Waals surface area contributed by atoms with Crippen molar-refractivity contribution >= 4 is 17.7 Å². The quantitative estimate of drug-likeness (QED) is 0.552. The Morgan fingerprint density at radius 3 is 2.36 bits per heavy atom. The van der Waals surface area contributed by atoms with Crippen molar-refractivity contribution < 1.29 is 14.3 Å². The smallest absolute Gasteiger partial charge is 0.251 e. The molecular weight excluding hydrogens is 370 g/mol. The molecule has 3 aromatic carbocycles. The summed E-state index contributed by atoms with van der Waals surface area (Å²) in [4.78, 5) is 13.8. The molecule has 5 heteroatoms. The first kappa shape index (κ1) is 19.8. The standard InChI is InChI=1S/C23H23NO3S/c1-26-20-11-8-17(9-12-20)15-24-23(25)18-10-13-22(27-2)19(14-18)16-28-21-6-4-3-5-7-21/h3-14H,15-16H2,1-2H3,(H,24,25). The van der Waals surface area contributed by atoms with Crippen molar-refractivity contribution in [3.05, 3.63) is 89.5 Å². The number of benzene rings is 3. The second-order valence-corrected chi connectivity index (χ2v) is 7.21. The lowest BCUT2D eigenvalue weighted by Gasteiger charge is -2.11. The van der Waals surface area contributed by atoms with E-state index in [1.165, 1.54) is 4.90 Å². The number of ether oxygens (including phenoxy) is 2. The minimum Gasteiger partial charge on any atom is -0.497 e. The monoisotopic (exact) mass is 393 g/mol. The topological polar surface area (TPSA) is 47.6 Å². The largest absolute Gasteiger partial charge is 0.497 e. The van der Waals surface area contributed by atoms with Gasteiger partial charge in [-0.3, -0.25) is 4.79 Å². The molecule has 1 amide bonds. The van der Waals surface area contributed by atoms with E-state index in [-0.39, 0.29) is 5.91 Å². The number of amides is 1. The number of thioether (sulfide) groups is 1. The summed E-state index contributed by atoms with van der Waals surface area (Å²) in [6, 6.07) is 23.4. The number of carbonyl (C=O) groups is 1. The second kappa shape index (κ2) is 9.85. The van der Waals surface area contributed by atoms with Crippen molar-refractivity contribution in [3.63, 3.8) is 0 Å². The summed E-state index contributed by atoms with van der Waals surface area (Å²) in [5.41, 5.74) is 2.63. The van der Waals surface area contributed by atoms with Gasteiger partial charge in [-0.1, -0.05) is 30.3 Å². The number of hydrogen-bond acceptors (Lipinski definition) is 4. The molecule has 0 fully saturated rings. The predicted molar refractivity (Wildman–Crippen MR) is 113 cm³/mol. The van der Waals surface area contributed by atoms with Gasteiger partial charge in [0.2, 0.25) is 0 Å². The van der Waals surface area contributed by atoms with E-state index in [4.69, 9.17) is 9.47 Å². The average molecular weight is 394 g/mol. The molecule has 0 heterocycles. The van der Waals surface area contributed by atoms with E-state index >= 15 is 0 Å². The number of nitrogens with one attached hydrogen (secondary N) is 1. The SMILES string of the molecule is COc1ccc(CNC(=O)c2ccc(OC)c(CSc3ccccc3)c2)cc1. The van der Waals surface area contributed by atoms with Crippen LogP contribution >= 0.6 is 11.8 Å². The Labute approximate surface area is 169 Å². The van der Waals surface area contributed by atoms with Gasteiger partial charge in [0.05, 0.1) is 14.2 Å². The Hall–Kier alpha value is -2.92. The van der Waals surface area contributed by atoms with Crippen LogP contribution in [0.3, 0.4) is 0 Å². The Morgan fingerprint density at radius 2 is 1.68 bits per heavy atom. The van der Waals surface area contributed by atoms with E-state index in [1.54, 1.807) is 32.0 Å². The molecule has 1 N–H and O–H groups in total. The van der Waals surface area contributed by atoms with Crippen LogP contribution in [0.1, 0.15) is 21.5 Å². The normalized spacial score (nSPS) is 10.4. The van der Waals surface area contributed by atoms with Crippen LogP contribution in [0.15, 0.2) is 77.7 Å². The summed E-state index contributed by atoms with van der Waals surface area (Å²) in [5, 5.41) is 2.96. The van der Waals surface area contributed by atoms with E-state index in [0.29, 0.717) is 12.1 Å². The highest BCUT2D eigenvalue weighted by atomic mass is 32.2. The molecule has 0 spiro atoms. The second-order valence-electron chi connectivity index (χ2n) is 6.16. The molecule has 0 atom stereocenters. The molecule has 0 aromatic heterocycles. The highest BCUT2D eigenvalue weighted by molar-refractivity contribution is 7.98. The molecule has 0 bridgehead atoms. The van der Waals surface area contributed by atoms with Gasteiger partial charge >= 0.3 is 0 Å². The van der Waals surface area contributed by atoms with Gasteiger partial charge in [-0.25, -0.2) is 0 Å². The van der Waals surface area contributed by atoms with E-state index in [1.807, 2.05) is 54.6 Å². The van der Waals surface area contributed by atoms with Crippen LogP contribution < -0.4 is 14.8 Å². The molecule has 0 radical (unpaired) electrons. The number of hydrogen-bond donors (Lipinski definition) is 1. The highest BCUT2D eigenvalue weighted by Gasteiger charge is 2.11. The van der Waals surface area contributed by atoms with Crippen LogP contribution in [0.2, 0.25) is 0 Å². The minimum absolute atomic E-state index is 0.107. The molecule has 144 valence electrons. The van der Waals surface area contributed by atoms with Gasteiger partial charge in [0.25, 0.3) is 5.91 Å². The lowest BCUT2D eigenvalue weighted by atomic mass is 10.1. The maximum absolute atomic E-state index is 12.6. The summed E-state index contributed by atoms with van der Waals surface area (Å²) in [6.07, 6.45) is 0. The molecule has 0 aliphatic rings. The fourth-order valence-corrected chi connectivity index (χ4v) is 3.64. The molecule has 3 rings (SSSR count). The maximum atomic E-state index is 12.6. The molecule has 4 nitrogen and oxygen atoms in total. The van der Waals surface area contributed by atoms with Crippen LogP contribution in [-0.4, -0.2) is 20.1 Å². The summed E-state index contributed by atoms with van der Waals surface area (Å²) < 4.78 is 10.6. The van der Waals surface area contributed by atoms with Gasteiger partial charge in [0.15, 0.2) is 0 Å². The lowest BCUT2D eigenvalue weighted by Crippen LogP contribution is -2.22. The molecule has 0 aliphatic carbocycles. The number of methoxy groups -OCH3 is 2. The van der Waals surface area contributed by atoms with Crippen LogP contribution in [0, 0.1) is 0 Å². The maximum Gasteiger partial charge on any atom is 0.251 e. The first-order valence-corrected chi connectivity index (χ1v) is 9.94. The van der Waals surface area contributed by atoms with Gasteiger partial charge < -0.3 is 14.8 Å². The zero-order valence-electron chi connectivity index (χ0n) is 16.0. The number of rotatable bonds is 8. The predicted octanol–water partition coefficient (Wildman–Crippen LogP) is 4.93. The third-order valence-corrected chi connectivity index (χ3v) is 5.35. The Kier molecular flexibility index (Phi) is 6.98. The van der Waals surface area contributed by atoms with Gasteiger partial charge in [0.1, 0.15) is 11.5 Å². The van der Waals surface area contributed by atoms with Gasteiger partial charge in [-0.15, -0.1) is 11.8 Å². The van der Waals surface area contributed by atoms with E-state index in [2.05, 4.69) is 17.4 Å². The van der Waals surface area contributed by atoms with Crippen molar-refractivity contribution in [1.29, 1.82) is 0 Å². The van der Waals surface area contributed by atoms with E-state index in [0.717, 1.165) is 28.4 Å². The first-order valence-electron chi connectivity index (χ1n) is 8.95. The molecular formula is C23H23NO3S. The zero-order valence-corrected chi connectivity index (χ0v) is 16.8. The molecule has 0 saturated carbocycles. The van der Waals surface area contributed by atoms with Crippen molar-refractivity contribution in [2.24, 2.45) is 0 Å². The van der Waals surface area contributed by atoms with Crippen LogP contribution in [0.5, 0.6) is 11.5 Å². The third-order valence-electron chi connectivity index (χ3n) is 4.29. The minimum atomic E-state index is -0.107. The van der Waals surface area contributed by atoms with Crippen molar-refractivity contribution in [2.45, 2.75) is 17.2 Å². The van der Waals surface area contributed by atoms with Crippen LogP contribution in [0.25, 0.3) is 0 Å². The Bertz CT molecular complexity index is 911. The van der Waals surface area contributed by atoms with Crippen molar-refractivity contribution in [3.8, 4) is 11.5 Å². The highest BCUT2D eigenvalue weighted by Crippen LogP contribution is 2.28. The van der Waals surface area contributed by atoms with Crippen molar-refractivity contribution in [1.82, 2.24) is 5.32 Å². The molecule has 0 saturated heterocycles. The summed E-state index contributed by atoms with van der Waals surface area (Å²) >= 11 is 1.71. The Balaban J connectivity index is 1.65. The van der Waals surface area contributed by atoms with E-state index < -0.39 is 0 Å². The van der Waals surface area contributed by atoms with Gasteiger partial charge in [-0.2, -0.15) is 0 Å². The summed E-state index contributed by atoms with van der Waals surface area (Å²) in [6.45, 7) is 0.461. The average Bonchev–Trinajstić information content (AvgIpc) is 2.76.